The average molecular weight is 358 g/mol. The van der Waals surface area contributed by atoms with Crippen molar-refractivity contribution in [1.82, 2.24) is 4.90 Å². The van der Waals surface area contributed by atoms with Crippen molar-refractivity contribution in [1.29, 1.82) is 0 Å². The predicted molar refractivity (Wildman–Crippen MR) is 98.5 cm³/mol. The maximum Gasteiger partial charge on any atom is 0.410 e. The quantitative estimate of drug-likeness (QED) is 0.763. The number of benzene rings is 1. The minimum atomic E-state index is -0.235. The van der Waals surface area contributed by atoms with Gasteiger partial charge in [0.25, 0.3) is 0 Å². The third-order valence-corrected chi connectivity index (χ3v) is 6.14. The van der Waals surface area contributed by atoms with Crippen molar-refractivity contribution in [2.45, 2.75) is 44.3 Å². The van der Waals surface area contributed by atoms with E-state index in [0.29, 0.717) is 19.7 Å². The summed E-state index contributed by atoms with van der Waals surface area (Å²) in [6.07, 6.45) is 4.84. The highest BCUT2D eigenvalue weighted by Gasteiger charge is 2.49. The molecule has 1 aromatic carbocycles. The van der Waals surface area contributed by atoms with Gasteiger partial charge in [-0.2, -0.15) is 0 Å². The number of ether oxygens (including phenoxy) is 1. The zero-order valence-electron chi connectivity index (χ0n) is 15.5. The van der Waals surface area contributed by atoms with Crippen LogP contribution in [0.15, 0.2) is 35.5 Å². The van der Waals surface area contributed by atoms with Gasteiger partial charge in [0, 0.05) is 38.8 Å². The number of carbonyl (C=O) groups is 1. The molecule has 3 heterocycles. The van der Waals surface area contributed by atoms with Crippen LogP contribution in [-0.2, 0) is 16.2 Å². The molecule has 0 aliphatic carbocycles. The lowest BCUT2D eigenvalue weighted by Crippen LogP contribution is -2.50. The summed E-state index contributed by atoms with van der Waals surface area (Å²) in [6, 6.07) is 9.79. The number of quaternary nitrogens is 1. The van der Waals surface area contributed by atoms with Crippen LogP contribution in [0.3, 0.4) is 0 Å². The molecule has 6 heteroatoms. The Labute approximate surface area is 154 Å². The first kappa shape index (κ1) is 17.3. The molecular formula is C20H28N3O3+. The summed E-state index contributed by atoms with van der Waals surface area (Å²) in [5.41, 5.74) is 0.795. The van der Waals surface area contributed by atoms with Gasteiger partial charge >= 0.3 is 6.09 Å². The van der Waals surface area contributed by atoms with Crippen molar-refractivity contribution >= 4 is 11.9 Å². The molecular weight excluding hydrogens is 330 g/mol. The van der Waals surface area contributed by atoms with Crippen LogP contribution in [0, 0.1) is 0 Å². The lowest BCUT2D eigenvalue weighted by atomic mass is 9.88. The standard InChI is InChI=1S/C20H28N3O3/c1-23(13-5-6-14-23)18-15-20(26-21-18)9-11-22(12-10-20)19(24)25-16-17-7-3-2-4-8-17/h2-4,7-8H,5-6,9-16H2,1H3/q+1. The molecule has 2 fully saturated rings. The molecule has 0 atom stereocenters. The monoisotopic (exact) mass is 358 g/mol. The van der Waals surface area contributed by atoms with E-state index in [4.69, 9.17) is 9.57 Å². The van der Waals surface area contributed by atoms with Crippen molar-refractivity contribution in [3.05, 3.63) is 35.9 Å². The summed E-state index contributed by atoms with van der Waals surface area (Å²) in [6.45, 7) is 3.98. The highest BCUT2D eigenvalue weighted by atomic mass is 16.7. The van der Waals surface area contributed by atoms with Crippen LogP contribution >= 0.6 is 0 Å². The molecule has 6 nitrogen and oxygen atoms in total. The van der Waals surface area contributed by atoms with E-state index in [9.17, 15) is 4.79 Å². The normalized spacial score (nSPS) is 23.6. The fourth-order valence-electron chi connectivity index (χ4n) is 4.26. The van der Waals surface area contributed by atoms with Gasteiger partial charge in [-0.15, -0.1) is 0 Å². The van der Waals surface area contributed by atoms with Gasteiger partial charge < -0.3 is 14.5 Å². The first-order chi connectivity index (χ1) is 12.6. The van der Waals surface area contributed by atoms with Crippen molar-refractivity contribution in [2.24, 2.45) is 5.16 Å². The van der Waals surface area contributed by atoms with Crippen LogP contribution in [0.1, 0.15) is 37.7 Å². The number of rotatable bonds is 2. The van der Waals surface area contributed by atoms with E-state index in [2.05, 4.69) is 12.2 Å². The van der Waals surface area contributed by atoms with E-state index in [1.54, 1.807) is 4.90 Å². The van der Waals surface area contributed by atoms with Crippen molar-refractivity contribution in [3.63, 3.8) is 0 Å². The van der Waals surface area contributed by atoms with Gasteiger partial charge in [0.1, 0.15) is 6.61 Å². The summed E-state index contributed by atoms with van der Waals surface area (Å²) in [5, 5.41) is 4.47. The fraction of sp³-hybridized carbons (Fsp3) is 0.600. The van der Waals surface area contributed by atoms with E-state index in [1.165, 1.54) is 18.7 Å². The first-order valence-electron chi connectivity index (χ1n) is 9.65. The Morgan fingerprint density at radius 3 is 2.62 bits per heavy atom. The van der Waals surface area contributed by atoms with E-state index in [1.807, 2.05) is 30.3 Å². The first-order valence-corrected chi connectivity index (χ1v) is 9.65. The number of oxime groups is 1. The third-order valence-electron chi connectivity index (χ3n) is 6.14. The Bertz CT molecular complexity index is 675. The van der Waals surface area contributed by atoms with Gasteiger partial charge in [-0.3, -0.25) is 4.48 Å². The Morgan fingerprint density at radius 2 is 1.92 bits per heavy atom. The zero-order chi connectivity index (χ0) is 18.0. The molecule has 2 saturated heterocycles. The van der Waals surface area contributed by atoms with Crippen molar-refractivity contribution in [2.75, 3.05) is 33.2 Å². The predicted octanol–water partition coefficient (Wildman–Crippen LogP) is 3.13. The van der Waals surface area contributed by atoms with Crippen LogP contribution in [0.25, 0.3) is 0 Å². The molecule has 1 aromatic rings. The van der Waals surface area contributed by atoms with Crippen LogP contribution < -0.4 is 0 Å². The molecule has 0 radical (unpaired) electrons. The second kappa shape index (κ2) is 6.91. The molecule has 0 aromatic heterocycles. The minimum absolute atomic E-state index is 0.213. The number of piperidine rings is 1. The van der Waals surface area contributed by atoms with Gasteiger partial charge in [0.15, 0.2) is 5.60 Å². The number of carbonyl (C=O) groups excluding carboxylic acids is 1. The molecule has 3 aliphatic heterocycles. The molecule has 1 spiro atoms. The Morgan fingerprint density at radius 1 is 1.23 bits per heavy atom. The number of nitrogens with zero attached hydrogens (tertiary/aromatic N) is 3. The summed E-state index contributed by atoms with van der Waals surface area (Å²) < 4.78 is 6.39. The summed E-state index contributed by atoms with van der Waals surface area (Å²) in [4.78, 5) is 20.0. The SMILES string of the molecule is C[N+]1(C2=NOC3(CCN(C(=O)OCc4ccccc4)CC3)C2)CCCC1. The lowest BCUT2D eigenvalue weighted by Gasteiger charge is -2.36. The number of hydrogen-bond donors (Lipinski definition) is 0. The number of amides is 1. The second-order valence-electron chi connectivity index (χ2n) is 8.04. The summed E-state index contributed by atoms with van der Waals surface area (Å²) in [7, 11) is 2.27. The highest BCUT2D eigenvalue weighted by molar-refractivity contribution is 5.77. The Hall–Kier alpha value is -2.08. The summed E-state index contributed by atoms with van der Waals surface area (Å²) in [5.74, 6) is 1.18. The lowest BCUT2D eigenvalue weighted by molar-refractivity contribution is -0.808. The Balaban J connectivity index is 1.27. The van der Waals surface area contributed by atoms with Gasteiger partial charge in [0.05, 0.1) is 26.6 Å². The maximum absolute atomic E-state index is 12.3. The smallest absolute Gasteiger partial charge is 0.410 e. The van der Waals surface area contributed by atoms with Crippen LogP contribution in [0.4, 0.5) is 4.79 Å². The molecule has 26 heavy (non-hydrogen) atoms. The maximum atomic E-state index is 12.3. The number of likely N-dealkylation sites (tertiary alicyclic amines) is 2. The van der Waals surface area contributed by atoms with Crippen molar-refractivity contribution in [3.8, 4) is 0 Å². The average Bonchev–Trinajstić information content (AvgIpc) is 3.29. The third kappa shape index (κ3) is 3.43. The topological polar surface area (TPSA) is 51.1 Å². The van der Waals surface area contributed by atoms with E-state index >= 15 is 0 Å². The van der Waals surface area contributed by atoms with E-state index < -0.39 is 0 Å². The molecule has 3 aliphatic rings. The Kier molecular flexibility index (Phi) is 4.61. The van der Waals surface area contributed by atoms with Gasteiger partial charge in [0.2, 0.25) is 5.84 Å². The van der Waals surface area contributed by atoms with Gasteiger partial charge in [-0.05, 0) is 10.7 Å². The molecule has 0 saturated carbocycles. The highest BCUT2D eigenvalue weighted by Crippen LogP contribution is 2.37. The molecule has 0 N–H and O–H groups in total. The van der Waals surface area contributed by atoms with Gasteiger partial charge in [-0.1, -0.05) is 30.3 Å². The molecule has 0 bridgehead atoms. The molecule has 1 amide bonds. The van der Waals surface area contributed by atoms with Crippen LogP contribution in [0.2, 0.25) is 0 Å². The molecule has 4 rings (SSSR count). The van der Waals surface area contributed by atoms with Crippen molar-refractivity contribution < 1.29 is 18.9 Å². The largest absolute Gasteiger partial charge is 0.445 e. The van der Waals surface area contributed by atoms with E-state index in [0.717, 1.165) is 42.4 Å². The summed E-state index contributed by atoms with van der Waals surface area (Å²) >= 11 is 0. The fourth-order valence-corrected chi connectivity index (χ4v) is 4.26. The van der Waals surface area contributed by atoms with Crippen LogP contribution in [0.5, 0.6) is 0 Å². The minimum Gasteiger partial charge on any atom is -0.445 e. The van der Waals surface area contributed by atoms with Gasteiger partial charge in [-0.25, -0.2) is 4.79 Å². The number of amidine groups is 1. The zero-order valence-corrected chi connectivity index (χ0v) is 15.5. The van der Waals surface area contributed by atoms with Crippen LogP contribution in [-0.4, -0.2) is 60.1 Å². The molecule has 0 unspecified atom stereocenters. The van der Waals surface area contributed by atoms with E-state index in [-0.39, 0.29) is 11.7 Å². The number of hydrogen-bond acceptors (Lipinski definition) is 4. The molecule has 140 valence electrons. The second-order valence-corrected chi connectivity index (χ2v) is 8.04.